The van der Waals surface area contributed by atoms with Crippen LogP contribution in [-0.2, 0) is 11.2 Å². The first-order chi connectivity index (χ1) is 8.95. The third kappa shape index (κ3) is 2.68. The maximum absolute atomic E-state index is 13.6. The van der Waals surface area contributed by atoms with Gasteiger partial charge in [-0.1, -0.05) is 12.8 Å². The van der Waals surface area contributed by atoms with Crippen LogP contribution in [0.1, 0.15) is 31.2 Å². The average Bonchev–Trinajstić information content (AvgIpc) is 2.84. The number of hydrogen-bond acceptors (Lipinski definition) is 2. The monoisotopic (exact) mass is 267 g/mol. The Morgan fingerprint density at radius 2 is 1.89 bits per heavy atom. The maximum Gasteiger partial charge on any atom is 0.157 e. The molecular formula is C15H19F2NO. The fraction of sp³-hybridized carbons (Fsp3) is 0.533. The highest BCUT2D eigenvalue weighted by Crippen LogP contribution is 2.35. The van der Waals surface area contributed by atoms with Crippen molar-refractivity contribution in [2.75, 3.05) is 14.1 Å². The molecule has 1 aromatic rings. The van der Waals surface area contributed by atoms with E-state index in [-0.39, 0.29) is 17.8 Å². The van der Waals surface area contributed by atoms with Crippen LogP contribution in [0.15, 0.2) is 18.2 Å². The number of Topliss-reactive ketones (excluding diaryl/α,β-unsaturated/α-hetero) is 1. The third-order valence-electron chi connectivity index (χ3n) is 4.16. The van der Waals surface area contributed by atoms with Crippen LogP contribution >= 0.6 is 0 Å². The van der Waals surface area contributed by atoms with Crippen LogP contribution in [-0.4, -0.2) is 30.3 Å². The van der Waals surface area contributed by atoms with E-state index in [0.29, 0.717) is 0 Å². The van der Waals surface area contributed by atoms with Crippen LogP contribution in [0.3, 0.4) is 0 Å². The molecule has 0 radical (unpaired) electrons. The highest BCUT2D eigenvalue weighted by Gasteiger charge is 2.42. The summed E-state index contributed by atoms with van der Waals surface area (Å²) in [5, 5.41) is 0. The molecule has 0 bridgehead atoms. The van der Waals surface area contributed by atoms with Crippen molar-refractivity contribution in [2.45, 2.75) is 37.6 Å². The van der Waals surface area contributed by atoms with E-state index in [9.17, 15) is 13.6 Å². The molecule has 0 heterocycles. The van der Waals surface area contributed by atoms with Crippen LogP contribution in [0.5, 0.6) is 0 Å². The predicted octanol–water partition coefficient (Wildman–Crippen LogP) is 2.95. The SMILES string of the molecule is CN(C)C1(C(=O)Cc2cc(F)ccc2F)CCCC1. The van der Waals surface area contributed by atoms with Crippen LogP contribution < -0.4 is 0 Å². The Bertz CT molecular complexity index is 479. The lowest BCUT2D eigenvalue weighted by molar-refractivity contribution is -0.128. The Labute approximate surface area is 112 Å². The average molecular weight is 267 g/mol. The molecule has 1 aliphatic rings. The van der Waals surface area contributed by atoms with Gasteiger partial charge in [-0.3, -0.25) is 9.69 Å². The number of likely N-dealkylation sites (N-methyl/N-ethyl adjacent to an activating group) is 1. The van der Waals surface area contributed by atoms with E-state index in [1.54, 1.807) is 0 Å². The van der Waals surface area contributed by atoms with Gasteiger partial charge in [0.1, 0.15) is 11.6 Å². The number of rotatable bonds is 4. The Kier molecular flexibility index (Phi) is 3.99. The molecule has 4 heteroatoms. The van der Waals surface area contributed by atoms with E-state index in [0.717, 1.165) is 43.9 Å². The lowest BCUT2D eigenvalue weighted by Crippen LogP contribution is -2.49. The molecular weight excluding hydrogens is 248 g/mol. The van der Waals surface area contributed by atoms with Crippen molar-refractivity contribution in [1.82, 2.24) is 4.90 Å². The minimum atomic E-state index is -0.512. The van der Waals surface area contributed by atoms with Gasteiger partial charge < -0.3 is 0 Å². The molecule has 19 heavy (non-hydrogen) atoms. The largest absolute Gasteiger partial charge is 0.297 e. The molecule has 0 unspecified atom stereocenters. The summed E-state index contributed by atoms with van der Waals surface area (Å²) in [5.74, 6) is -1.03. The van der Waals surface area contributed by atoms with Crippen molar-refractivity contribution in [3.8, 4) is 0 Å². The molecule has 1 fully saturated rings. The minimum Gasteiger partial charge on any atom is -0.297 e. The summed E-state index contributed by atoms with van der Waals surface area (Å²) in [6.45, 7) is 0. The standard InChI is InChI=1S/C15H19F2NO/c1-18(2)15(7-3-4-8-15)14(19)10-11-9-12(16)5-6-13(11)17/h5-6,9H,3-4,7-8,10H2,1-2H3. The van der Waals surface area contributed by atoms with Crippen molar-refractivity contribution >= 4 is 5.78 Å². The molecule has 0 N–H and O–H groups in total. The molecule has 1 aliphatic carbocycles. The van der Waals surface area contributed by atoms with E-state index in [1.807, 2.05) is 19.0 Å². The molecule has 0 aliphatic heterocycles. The summed E-state index contributed by atoms with van der Waals surface area (Å²) in [4.78, 5) is 14.4. The smallest absolute Gasteiger partial charge is 0.157 e. The number of carbonyl (C=O) groups excluding carboxylic acids is 1. The lowest BCUT2D eigenvalue weighted by Gasteiger charge is -2.34. The second kappa shape index (κ2) is 5.37. The minimum absolute atomic E-state index is 0.0144. The highest BCUT2D eigenvalue weighted by atomic mass is 19.1. The number of halogens is 2. The molecule has 2 rings (SSSR count). The van der Waals surface area contributed by atoms with Crippen LogP contribution in [0.25, 0.3) is 0 Å². The summed E-state index contributed by atoms with van der Waals surface area (Å²) in [7, 11) is 3.76. The lowest BCUT2D eigenvalue weighted by atomic mass is 9.87. The van der Waals surface area contributed by atoms with E-state index >= 15 is 0 Å². The second-order valence-electron chi connectivity index (χ2n) is 5.47. The molecule has 2 nitrogen and oxygen atoms in total. The van der Waals surface area contributed by atoms with Crippen molar-refractivity contribution in [3.63, 3.8) is 0 Å². The number of carbonyl (C=O) groups is 1. The fourth-order valence-corrected chi connectivity index (χ4v) is 2.95. The van der Waals surface area contributed by atoms with Gasteiger partial charge in [0.15, 0.2) is 5.78 Å². The number of benzene rings is 1. The summed E-state index contributed by atoms with van der Waals surface area (Å²) >= 11 is 0. The molecule has 0 atom stereocenters. The van der Waals surface area contributed by atoms with Gasteiger partial charge in [0.05, 0.1) is 5.54 Å². The number of nitrogens with zero attached hydrogens (tertiary/aromatic N) is 1. The Morgan fingerprint density at radius 1 is 1.26 bits per heavy atom. The molecule has 0 aromatic heterocycles. The summed E-state index contributed by atoms with van der Waals surface area (Å²) in [6, 6.07) is 3.26. The topological polar surface area (TPSA) is 20.3 Å². The van der Waals surface area contributed by atoms with Crippen LogP contribution in [0.2, 0.25) is 0 Å². The predicted molar refractivity (Wildman–Crippen MR) is 70.0 cm³/mol. The maximum atomic E-state index is 13.6. The van der Waals surface area contributed by atoms with Gasteiger partial charge in [-0.25, -0.2) is 8.78 Å². The van der Waals surface area contributed by atoms with Gasteiger partial charge in [0.25, 0.3) is 0 Å². The van der Waals surface area contributed by atoms with Gasteiger partial charge >= 0.3 is 0 Å². The summed E-state index contributed by atoms with van der Waals surface area (Å²) in [5.41, 5.74) is -0.350. The zero-order chi connectivity index (χ0) is 14.0. The van der Waals surface area contributed by atoms with E-state index in [2.05, 4.69) is 0 Å². The molecule has 1 aromatic carbocycles. The summed E-state index contributed by atoms with van der Waals surface area (Å²) < 4.78 is 26.8. The van der Waals surface area contributed by atoms with Crippen molar-refractivity contribution in [1.29, 1.82) is 0 Å². The Balaban J connectivity index is 2.22. The zero-order valence-corrected chi connectivity index (χ0v) is 11.4. The van der Waals surface area contributed by atoms with Crippen molar-refractivity contribution in [2.24, 2.45) is 0 Å². The van der Waals surface area contributed by atoms with E-state index < -0.39 is 17.2 Å². The van der Waals surface area contributed by atoms with Gasteiger partial charge in [0.2, 0.25) is 0 Å². The normalized spacial score (nSPS) is 17.9. The highest BCUT2D eigenvalue weighted by molar-refractivity contribution is 5.90. The van der Waals surface area contributed by atoms with Crippen molar-refractivity contribution in [3.05, 3.63) is 35.4 Å². The quantitative estimate of drug-likeness (QED) is 0.836. The molecule has 0 spiro atoms. The van der Waals surface area contributed by atoms with Crippen molar-refractivity contribution < 1.29 is 13.6 Å². The van der Waals surface area contributed by atoms with Gasteiger partial charge in [-0.15, -0.1) is 0 Å². The first-order valence-electron chi connectivity index (χ1n) is 6.60. The van der Waals surface area contributed by atoms with Gasteiger partial charge in [0, 0.05) is 6.42 Å². The first kappa shape index (κ1) is 14.1. The fourth-order valence-electron chi connectivity index (χ4n) is 2.95. The number of ketones is 1. The van der Waals surface area contributed by atoms with Crippen LogP contribution in [0, 0.1) is 11.6 Å². The molecule has 1 saturated carbocycles. The molecule has 104 valence electrons. The first-order valence-corrected chi connectivity index (χ1v) is 6.60. The Morgan fingerprint density at radius 3 is 2.47 bits per heavy atom. The third-order valence-corrected chi connectivity index (χ3v) is 4.16. The van der Waals surface area contributed by atoms with Gasteiger partial charge in [-0.05, 0) is 50.7 Å². The van der Waals surface area contributed by atoms with E-state index in [4.69, 9.17) is 0 Å². The number of hydrogen-bond donors (Lipinski definition) is 0. The Hall–Kier alpha value is -1.29. The van der Waals surface area contributed by atoms with Crippen LogP contribution in [0.4, 0.5) is 8.78 Å². The molecule has 0 saturated heterocycles. The zero-order valence-electron chi connectivity index (χ0n) is 11.4. The van der Waals surface area contributed by atoms with Gasteiger partial charge in [-0.2, -0.15) is 0 Å². The summed E-state index contributed by atoms with van der Waals surface area (Å²) in [6.07, 6.45) is 3.58. The molecule has 0 amide bonds. The second-order valence-corrected chi connectivity index (χ2v) is 5.47. The van der Waals surface area contributed by atoms with E-state index in [1.165, 1.54) is 0 Å².